The van der Waals surface area contributed by atoms with Crippen LogP contribution in [0, 0.1) is 0 Å². The molecule has 1 aromatic carbocycles. The summed E-state index contributed by atoms with van der Waals surface area (Å²) >= 11 is 0. The maximum Gasteiger partial charge on any atom is 0.490 e. The fraction of sp³-hybridized carbons (Fsp3) is 0.474. The maximum absolute atomic E-state index is 12.6. The Morgan fingerprint density at radius 2 is 1.77 bits per heavy atom. The second-order valence-corrected chi connectivity index (χ2v) is 6.92. The monoisotopic (exact) mass is 446 g/mol. The zero-order valence-corrected chi connectivity index (χ0v) is 16.8. The number of amides is 3. The number of carbonyl (C=O) groups is 4. The third kappa shape index (κ3) is 8.24. The first-order chi connectivity index (χ1) is 14.3. The number of hydrogen-bond donors (Lipinski definition) is 4. The van der Waals surface area contributed by atoms with Gasteiger partial charge >= 0.3 is 12.1 Å². The molecular formula is C19H25F3N4O5. The number of rotatable bonds is 6. The van der Waals surface area contributed by atoms with E-state index in [9.17, 15) is 27.6 Å². The lowest BCUT2D eigenvalue weighted by Crippen LogP contribution is -2.54. The van der Waals surface area contributed by atoms with E-state index >= 15 is 0 Å². The van der Waals surface area contributed by atoms with Gasteiger partial charge in [-0.15, -0.1) is 0 Å². The van der Waals surface area contributed by atoms with Crippen LogP contribution in [-0.4, -0.2) is 64.5 Å². The van der Waals surface area contributed by atoms with Crippen LogP contribution >= 0.6 is 0 Å². The number of carboxylic acid groups (broad SMARTS) is 1. The minimum absolute atomic E-state index is 0.247. The summed E-state index contributed by atoms with van der Waals surface area (Å²) in [5, 5.41) is 9.67. The van der Waals surface area contributed by atoms with Crippen LogP contribution in [0.2, 0.25) is 0 Å². The van der Waals surface area contributed by atoms with Gasteiger partial charge in [0.1, 0.15) is 12.1 Å². The molecule has 3 unspecified atom stereocenters. The van der Waals surface area contributed by atoms with Crippen molar-refractivity contribution >= 4 is 23.7 Å². The summed E-state index contributed by atoms with van der Waals surface area (Å²) in [6.07, 6.45) is -3.38. The van der Waals surface area contributed by atoms with E-state index in [0.717, 1.165) is 12.0 Å². The summed E-state index contributed by atoms with van der Waals surface area (Å²) in [6.45, 7) is 2.01. The molecule has 2 rings (SSSR count). The van der Waals surface area contributed by atoms with E-state index in [1.165, 1.54) is 11.8 Å². The Bertz CT molecular complexity index is 788. The molecule has 1 aliphatic heterocycles. The van der Waals surface area contributed by atoms with E-state index in [2.05, 4.69) is 5.32 Å². The summed E-state index contributed by atoms with van der Waals surface area (Å²) in [5.74, 6) is -3.98. The largest absolute Gasteiger partial charge is 0.490 e. The molecule has 172 valence electrons. The van der Waals surface area contributed by atoms with E-state index in [4.69, 9.17) is 21.4 Å². The topological polar surface area (TPSA) is 156 Å². The van der Waals surface area contributed by atoms with Crippen LogP contribution in [0.3, 0.4) is 0 Å². The quantitative estimate of drug-likeness (QED) is 0.488. The van der Waals surface area contributed by atoms with Crippen molar-refractivity contribution in [3.8, 4) is 0 Å². The molecule has 12 heteroatoms. The zero-order chi connectivity index (χ0) is 23.8. The molecule has 6 N–H and O–H groups in total. The van der Waals surface area contributed by atoms with Crippen LogP contribution in [0.25, 0.3) is 0 Å². The minimum atomic E-state index is -5.08. The van der Waals surface area contributed by atoms with Gasteiger partial charge in [0.05, 0.1) is 6.04 Å². The van der Waals surface area contributed by atoms with Crippen molar-refractivity contribution in [2.75, 3.05) is 6.54 Å². The summed E-state index contributed by atoms with van der Waals surface area (Å²) in [7, 11) is 0. The molecule has 1 heterocycles. The van der Waals surface area contributed by atoms with Gasteiger partial charge < -0.3 is 26.8 Å². The average molecular weight is 446 g/mol. The van der Waals surface area contributed by atoms with Crippen molar-refractivity contribution in [2.45, 2.75) is 50.5 Å². The number of nitrogens with two attached hydrogens (primary N) is 2. The fourth-order valence-corrected chi connectivity index (χ4v) is 2.85. The molecule has 0 aromatic heterocycles. The Labute approximate surface area is 176 Å². The molecule has 1 fully saturated rings. The highest BCUT2D eigenvalue weighted by Crippen LogP contribution is 2.19. The molecule has 31 heavy (non-hydrogen) atoms. The molecule has 0 aliphatic carbocycles. The second-order valence-electron chi connectivity index (χ2n) is 6.92. The van der Waals surface area contributed by atoms with Crippen molar-refractivity contribution in [3.05, 3.63) is 35.9 Å². The normalized spacial score (nSPS) is 17.7. The Morgan fingerprint density at radius 3 is 2.26 bits per heavy atom. The van der Waals surface area contributed by atoms with Crippen molar-refractivity contribution in [1.29, 1.82) is 0 Å². The maximum atomic E-state index is 12.6. The summed E-state index contributed by atoms with van der Waals surface area (Å²) in [4.78, 5) is 46.4. The first-order valence-corrected chi connectivity index (χ1v) is 9.34. The number of carbonyl (C=O) groups excluding carboxylic acids is 3. The predicted molar refractivity (Wildman–Crippen MR) is 103 cm³/mol. The Hall–Kier alpha value is -3.15. The van der Waals surface area contributed by atoms with Crippen LogP contribution in [0.1, 0.15) is 25.3 Å². The number of halogens is 3. The van der Waals surface area contributed by atoms with Gasteiger partial charge in [0.25, 0.3) is 0 Å². The molecule has 0 saturated carbocycles. The number of nitrogens with one attached hydrogen (secondary N) is 1. The number of hydrogen-bond acceptors (Lipinski definition) is 5. The predicted octanol–water partition coefficient (Wildman–Crippen LogP) is 0.171. The van der Waals surface area contributed by atoms with Crippen LogP contribution in [-0.2, 0) is 25.6 Å². The van der Waals surface area contributed by atoms with E-state index in [1.807, 2.05) is 30.3 Å². The third-order valence-corrected chi connectivity index (χ3v) is 4.48. The van der Waals surface area contributed by atoms with Gasteiger partial charge in [0.15, 0.2) is 0 Å². The van der Waals surface area contributed by atoms with Gasteiger partial charge in [-0.25, -0.2) is 4.79 Å². The van der Waals surface area contributed by atoms with Gasteiger partial charge in [-0.05, 0) is 31.7 Å². The number of nitrogens with zero attached hydrogens (tertiary/aromatic N) is 1. The molecule has 1 aliphatic rings. The van der Waals surface area contributed by atoms with Crippen molar-refractivity contribution < 1.29 is 37.5 Å². The summed E-state index contributed by atoms with van der Waals surface area (Å²) in [6, 6.07) is 7.44. The lowest BCUT2D eigenvalue weighted by Gasteiger charge is -2.27. The van der Waals surface area contributed by atoms with Crippen molar-refractivity contribution in [1.82, 2.24) is 10.2 Å². The van der Waals surface area contributed by atoms with E-state index in [1.54, 1.807) is 0 Å². The fourth-order valence-electron chi connectivity index (χ4n) is 2.85. The van der Waals surface area contributed by atoms with Crippen LogP contribution in [0.15, 0.2) is 30.3 Å². The number of primary amides is 1. The van der Waals surface area contributed by atoms with Crippen molar-refractivity contribution in [2.24, 2.45) is 11.5 Å². The summed E-state index contributed by atoms with van der Waals surface area (Å²) < 4.78 is 31.7. The van der Waals surface area contributed by atoms with Gasteiger partial charge in [0.2, 0.25) is 17.7 Å². The minimum Gasteiger partial charge on any atom is -0.475 e. The van der Waals surface area contributed by atoms with E-state index in [-0.39, 0.29) is 11.8 Å². The van der Waals surface area contributed by atoms with Crippen LogP contribution in [0.5, 0.6) is 0 Å². The number of alkyl halides is 3. The zero-order valence-electron chi connectivity index (χ0n) is 16.8. The number of likely N-dealkylation sites (tertiary alicyclic amines) is 1. The van der Waals surface area contributed by atoms with Gasteiger partial charge in [-0.3, -0.25) is 14.4 Å². The molecular weight excluding hydrogens is 421 g/mol. The first-order valence-electron chi connectivity index (χ1n) is 9.34. The van der Waals surface area contributed by atoms with Crippen LogP contribution < -0.4 is 16.8 Å². The number of benzene rings is 1. The molecule has 9 nitrogen and oxygen atoms in total. The molecule has 3 amide bonds. The SMILES string of the molecule is CC(NC(=O)C1CCCN1C(=O)C(N)Cc1ccccc1)C(N)=O.O=C(O)C(F)(F)F. The number of aliphatic carboxylic acids is 1. The lowest BCUT2D eigenvalue weighted by molar-refractivity contribution is -0.192. The molecule has 0 spiro atoms. The van der Waals surface area contributed by atoms with Crippen LogP contribution in [0.4, 0.5) is 13.2 Å². The standard InChI is InChI=1S/C17H24N4O3.C2HF3O2/c1-11(15(19)22)20-16(23)14-8-5-9-21(14)17(24)13(18)10-12-6-3-2-4-7-12;3-2(4,5)1(6)7/h2-4,6-7,11,13-14H,5,8-10,18H2,1H3,(H2,19,22)(H,20,23);(H,6,7). The van der Waals surface area contributed by atoms with Gasteiger partial charge in [-0.1, -0.05) is 30.3 Å². The Balaban J connectivity index is 0.000000592. The van der Waals surface area contributed by atoms with Crippen molar-refractivity contribution in [3.63, 3.8) is 0 Å². The second kappa shape index (κ2) is 11.3. The summed E-state index contributed by atoms with van der Waals surface area (Å²) in [5.41, 5.74) is 12.2. The molecule has 1 saturated heterocycles. The van der Waals surface area contributed by atoms with E-state index in [0.29, 0.717) is 19.4 Å². The van der Waals surface area contributed by atoms with Gasteiger partial charge in [-0.2, -0.15) is 13.2 Å². The third-order valence-electron chi connectivity index (χ3n) is 4.48. The highest BCUT2D eigenvalue weighted by Gasteiger charge is 2.38. The molecule has 3 atom stereocenters. The smallest absolute Gasteiger partial charge is 0.475 e. The average Bonchev–Trinajstić information content (AvgIpc) is 3.17. The molecule has 0 radical (unpaired) electrons. The molecule has 1 aromatic rings. The lowest BCUT2D eigenvalue weighted by atomic mass is 10.1. The Morgan fingerprint density at radius 1 is 1.23 bits per heavy atom. The Kier molecular flexibility index (Phi) is 9.43. The number of carboxylic acids is 1. The van der Waals surface area contributed by atoms with Gasteiger partial charge in [0, 0.05) is 6.54 Å². The highest BCUT2D eigenvalue weighted by atomic mass is 19.4. The van der Waals surface area contributed by atoms with E-state index < -0.39 is 36.2 Å². The molecule has 0 bridgehead atoms. The first kappa shape index (κ1) is 25.9. The highest BCUT2D eigenvalue weighted by molar-refractivity contribution is 5.93.